The summed E-state index contributed by atoms with van der Waals surface area (Å²) in [6, 6.07) is 3.74. The normalized spacial score (nSPS) is 15.0. The van der Waals surface area contributed by atoms with Crippen LogP contribution in [0.25, 0.3) is 0 Å². The monoisotopic (exact) mass is 588 g/mol. The number of aromatic nitrogens is 2. The molecule has 0 aliphatic carbocycles. The molecule has 210 valence electrons. The molecule has 0 unspecified atom stereocenters. The highest BCUT2D eigenvalue weighted by Crippen LogP contribution is 2.21. The van der Waals surface area contributed by atoms with Crippen molar-refractivity contribution in [3.05, 3.63) is 40.4 Å². The Labute approximate surface area is 217 Å². The second kappa shape index (κ2) is 12.8. The van der Waals surface area contributed by atoms with Gasteiger partial charge < -0.3 is 20.5 Å². The number of nitrogens with zero attached hydrogens (tertiary/aromatic N) is 4. The van der Waals surface area contributed by atoms with Gasteiger partial charge in [-0.25, -0.2) is 27.0 Å². The summed E-state index contributed by atoms with van der Waals surface area (Å²) < 4.78 is 77.4. The predicted octanol–water partition coefficient (Wildman–Crippen LogP) is 2.17. The smallest absolute Gasteiger partial charge is 0.475 e. The lowest BCUT2D eigenvalue weighted by molar-refractivity contribution is -0.192. The van der Waals surface area contributed by atoms with Crippen molar-refractivity contribution in [3.63, 3.8) is 0 Å². The Balaban J connectivity index is 0.000000638. The van der Waals surface area contributed by atoms with Crippen LogP contribution in [0.4, 0.5) is 23.2 Å². The number of piperidine rings is 1. The van der Waals surface area contributed by atoms with E-state index in [0.29, 0.717) is 31.6 Å². The number of benzene rings is 1. The van der Waals surface area contributed by atoms with Crippen LogP contribution in [0.2, 0.25) is 5.02 Å². The number of halogens is 5. The van der Waals surface area contributed by atoms with Gasteiger partial charge in [0.25, 0.3) is 0 Å². The summed E-state index contributed by atoms with van der Waals surface area (Å²) in [6.45, 7) is 1.91. The fourth-order valence-corrected chi connectivity index (χ4v) is 4.70. The average Bonchev–Trinajstić information content (AvgIpc) is 3.32. The lowest BCUT2D eigenvalue weighted by Gasteiger charge is -2.30. The molecule has 1 amide bonds. The van der Waals surface area contributed by atoms with E-state index >= 15 is 0 Å². The Morgan fingerprint density at radius 3 is 2.37 bits per heavy atom. The van der Waals surface area contributed by atoms with Crippen LogP contribution in [0.1, 0.15) is 31.2 Å². The van der Waals surface area contributed by atoms with E-state index in [1.165, 1.54) is 19.1 Å². The van der Waals surface area contributed by atoms with E-state index in [1.54, 1.807) is 4.90 Å². The summed E-state index contributed by atoms with van der Waals surface area (Å²) >= 11 is 5.73. The molecule has 1 fully saturated rings. The number of amides is 1. The van der Waals surface area contributed by atoms with Gasteiger partial charge in [0, 0.05) is 25.7 Å². The second-order valence-electron chi connectivity index (χ2n) is 7.64. The summed E-state index contributed by atoms with van der Waals surface area (Å²) in [5.41, 5.74) is 0.321. The number of alkyl halides is 3. The Bertz CT molecular complexity index is 1280. The Morgan fingerprint density at radius 1 is 1.26 bits per heavy atom. The highest BCUT2D eigenvalue weighted by Gasteiger charge is 2.38. The van der Waals surface area contributed by atoms with Crippen molar-refractivity contribution in [2.24, 2.45) is 5.16 Å². The van der Waals surface area contributed by atoms with Crippen molar-refractivity contribution in [1.29, 1.82) is 0 Å². The first-order valence-corrected chi connectivity index (χ1v) is 12.4. The van der Waals surface area contributed by atoms with Gasteiger partial charge in [0.05, 0.1) is 16.8 Å². The molecule has 0 bridgehead atoms. The van der Waals surface area contributed by atoms with E-state index in [4.69, 9.17) is 21.5 Å². The third-order valence-corrected chi connectivity index (χ3v) is 7.26. The minimum absolute atomic E-state index is 0.0444. The fourth-order valence-electron chi connectivity index (χ4n) is 3.11. The molecule has 2 heterocycles. The van der Waals surface area contributed by atoms with Gasteiger partial charge in [0.1, 0.15) is 11.5 Å². The van der Waals surface area contributed by atoms with Gasteiger partial charge in [-0.3, -0.25) is 4.79 Å². The minimum Gasteiger partial charge on any atom is -0.475 e. The molecular formula is C19H21ClF4N6O7S. The van der Waals surface area contributed by atoms with Gasteiger partial charge in [0.2, 0.25) is 21.8 Å². The largest absolute Gasteiger partial charge is 0.490 e. The van der Waals surface area contributed by atoms with E-state index in [2.05, 4.69) is 30.1 Å². The summed E-state index contributed by atoms with van der Waals surface area (Å²) in [6.07, 6.45) is -4.45. The third kappa shape index (κ3) is 8.52. The van der Waals surface area contributed by atoms with Gasteiger partial charge in [-0.15, -0.1) is 0 Å². The van der Waals surface area contributed by atoms with Crippen molar-refractivity contribution in [3.8, 4) is 0 Å². The molecule has 0 radical (unpaired) electrons. The summed E-state index contributed by atoms with van der Waals surface area (Å²) in [5, 5.41) is 28.7. The molecule has 19 heteroatoms. The molecule has 1 aliphatic heterocycles. The van der Waals surface area contributed by atoms with Crippen LogP contribution >= 0.6 is 11.6 Å². The number of carboxylic acid groups (broad SMARTS) is 1. The van der Waals surface area contributed by atoms with Crippen LogP contribution in [0.3, 0.4) is 0 Å². The number of likely N-dealkylation sites (tertiary alicyclic amines) is 1. The minimum atomic E-state index is -5.08. The van der Waals surface area contributed by atoms with Crippen molar-refractivity contribution >= 4 is 45.0 Å². The number of carboxylic acids is 1. The molecule has 4 N–H and O–H groups in total. The van der Waals surface area contributed by atoms with Crippen LogP contribution in [-0.4, -0.2) is 76.2 Å². The standard InChI is InChI=1S/C17H20ClFN6O5S.C2HF3O2/c1-10(26)25-6-4-12(5-7-25)31(28,29)20-9-15-16(24-30-23-15)17(22-27)21-11-2-3-14(19)13(18)8-11;3-2(4,5)1(6)7/h2-3,8,12,20,27H,4-7,9H2,1H3,(H,21,22);(H,6,7). The first-order chi connectivity index (χ1) is 17.7. The molecule has 3 rings (SSSR count). The maximum Gasteiger partial charge on any atom is 0.490 e. The highest BCUT2D eigenvalue weighted by molar-refractivity contribution is 7.90. The first-order valence-electron chi connectivity index (χ1n) is 10.5. The van der Waals surface area contributed by atoms with Crippen LogP contribution in [0.5, 0.6) is 0 Å². The maximum absolute atomic E-state index is 13.3. The van der Waals surface area contributed by atoms with Crippen LogP contribution in [0.15, 0.2) is 28.0 Å². The molecular weight excluding hydrogens is 568 g/mol. The second-order valence-corrected chi connectivity index (χ2v) is 10.1. The lowest BCUT2D eigenvalue weighted by atomic mass is 10.1. The number of carbonyl (C=O) groups is 2. The average molecular weight is 589 g/mol. The molecule has 1 aromatic heterocycles. The van der Waals surface area contributed by atoms with Crippen LogP contribution < -0.4 is 10.0 Å². The number of rotatable bonds is 6. The number of amidine groups is 1. The third-order valence-electron chi connectivity index (χ3n) is 5.07. The number of aliphatic carboxylic acids is 1. The summed E-state index contributed by atoms with van der Waals surface area (Å²) in [4.78, 5) is 21.9. The number of nitrogens with one attached hydrogen (secondary N) is 2. The molecule has 1 aromatic carbocycles. The predicted molar refractivity (Wildman–Crippen MR) is 122 cm³/mol. The Hall–Kier alpha value is -3.51. The summed E-state index contributed by atoms with van der Waals surface area (Å²) in [5.74, 6) is -3.67. The van der Waals surface area contributed by atoms with E-state index in [-0.39, 0.29) is 34.7 Å². The molecule has 38 heavy (non-hydrogen) atoms. The zero-order valence-electron chi connectivity index (χ0n) is 19.4. The number of oxime groups is 1. The first kappa shape index (κ1) is 30.7. The number of sulfonamides is 1. The van der Waals surface area contributed by atoms with E-state index < -0.39 is 33.2 Å². The van der Waals surface area contributed by atoms with E-state index in [9.17, 15) is 36.0 Å². The zero-order valence-corrected chi connectivity index (χ0v) is 20.9. The lowest BCUT2D eigenvalue weighted by Crippen LogP contribution is -2.44. The number of hydrogen-bond donors (Lipinski definition) is 4. The van der Waals surface area contributed by atoms with Crippen molar-refractivity contribution in [2.75, 3.05) is 18.4 Å². The zero-order chi connectivity index (χ0) is 28.7. The van der Waals surface area contributed by atoms with E-state index in [0.717, 1.165) is 6.07 Å². The van der Waals surface area contributed by atoms with Gasteiger partial charge in [-0.1, -0.05) is 21.9 Å². The number of anilines is 1. The van der Waals surface area contributed by atoms with Crippen molar-refractivity contribution in [1.82, 2.24) is 19.9 Å². The number of carbonyl (C=O) groups excluding carboxylic acids is 1. The van der Waals surface area contributed by atoms with Crippen molar-refractivity contribution in [2.45, 2.75) is 37.7 Å². The highest BCUT2D eigenvalue weighted by atomic mass is 35.5. The van der Waals surface area contributed by atoms with Gasteiger partial charge in [-0.2, -0.15) is 13.2 Å². The van der Waals surface area contributed by atoms with Crippen LogP contribution in [0, 0.1) is 5.82 Å². The molecule has 13 nitrogen and oxygen atoms in total. The fraction of sp³-hybridized carbons (Fsp3) is 0.421. The molecule has 0 spiro atoms. The number of hydrogen-bond acceptors (Lipinski definition) is 9. The Kier molecular flexibility index (Phi) is 10.4. The molecule has 0 saturated carbocycles. The van der Waals surface area contributed by atoms with Gasteiger partial charge >= 0.3 is 12.1 Å². The van der Waals surface area contributed by atoms with E-state index in [1.807, 2.05) is 0 Å². The molecule has 0 atom stereocenters. The van der Waals surface area contributed by atoms with Gasteiger partial charge in [0.15, 0.2) is 5.69 Å². The molecule has 2 aromatic rings. The molecule has 1 saturated heterocycles. The van der Waals surface area contributed by atoms with Gasteiger partial charge in [-0.05, 0) is 36.2 Å². The summed E-state index contributed by atoms with van der Waals surface area (Å²) in [7, 11) is -3.71. The Morgan fingerprint density at radius 2 is 1.87 bits per heavy atom. The SMILES string of the molecule is CC(=O)N1CCC(S(=O)(=O)NCc2nonc2C(=NO)Nc2ccc(F)c(Cl)c2)CC1.O=C(O)C(F)(F)F. The maximum atomic E-state index is 13.3. The molecule has 1 aliphatic rings. The van der Waals surface area contributed by atoms with Crippen molar-refractivity contribution < 1.29 is 50.5 Å². The quantitative estimate of drug-likeness (QED) is 0.128. The topological polar surface area (TPSA) is 187 Å². The van der Waals surface area contributed by atoms with Crippen LogP contribution in [-0.2, 0) is 26.2 Å².